The van der Waals surface area contributed by atoms with Crippen LogP contribution in [0.1, 0.15) is 51.4 Å². The van der Waals surface area contributed by atoms with Crippen molar-refractivity contribution in [2.45, 2.75) is 65.1 Å². The number of hydrogen-bond acceptors (Lipinski definition) is 8. The maximum absolute atomic E-state index is 13.4. The fraction of sp³-hybridized carbons (Fsp3) is 0.419. The van der Waals surface area contributed by atoms with Crippen molar-refractivity contribution in [2.75, 3.05) is 18.5 Å². The third kappa shape index (κ3) is 8.79. The summed E-state index contributed by atoms with van der Waals surface area (Å²) in [5.74, 6) is -1.22. The summed E-state index contributed by atoms with van der Waals surface area (Å²) >= 11 is 0. The van der Waals surface area contributed by atoms with E-state index in [9.17, 15) is 29.1 Å². The van der Waals surface area contributed by atoms with Crippen molar-refractivity contribution in [3.8, 4) is 0 Å². The van der Waals surface area contributed by atoms with Gasteiger partial charge in [0.05, 0.1) is 30.8 Å². The van der Waals surface area contributed by atoms with Gasteiger partial charge in [-0.15, -0.1) is 0 Å². The number of nitrogens with two attached hydrogens (primary N) is 1. The molecule has 1 aliphatic rings. The molecule has 3 amide bonds. The first-order valence-corrected chi connectivity index (χ1v) is 14.6. The number of carbonyl (C=O) groups is 4. The average Bonchev–Trinajstić information content (AvgIpc) is 3.59. The Morgan fingerprint density at radius 2 is 2.00 bits per heavy atom. The topological polar surface area (TPSA) is 197 Å². The molecule has 1 saturated heterocycles. The van der Waals surface area contributed by atoms with Crippen LogP contribution in [0.2, 0.25) is 0 Å². The van der Waals surface area contributed by atoms with Crippen LogP contribution in [-0.2, 0) is 32.0 Å². The van der Waals surface area contributed by atoms with Crippen LogP contribution >= 0.6 is 0 Å². The van der Waals surface area contributed by atoms with Crippen molar-refractivity contribution in [1.82, 2.24) is 19.4 Å². The maximum atomic E-state index is 13.4. The van der Waals surface area contributed by atoms with Gasteiger partial charge in [-0.1, -0.05) is 39.0 Å². The number of primary amides is 1. The van der Waals surface area contributed by atoms with Gasteiger partial charge in [0.1, 0.15) is 23.7 Å². The van der Waals surface area contributed by atoms with Crippen molar-refractivity contribution in [2.24, 2.45) is 11.1 Å². The number of aromatic nitrogens is 3. The van der Waals surface area contributed by atoms with Gasteiger partial charge in [-0.25, -0.2) is 19.1 Å². The molecule has 0 bridgehead atoms. The first-order valence-electron chi connectivity index (χ1n) is 14.6. The Morgan fingerprint density at radius 1 is 1.22 bits per heavy atom. The molecule has 14 nitrogen and oxygen atoms in total. The van der Waals surface area contributed by atoms with Gasteiger partial charge in [-0.2, -0.15) is 0 Å². The van der Waals surface area contributed by atoms with Gasteiger partial charge in [0.25, 0.3) is 5.56 Å². The molecule has 45 heavy (non-hydrogen) atoms. The van der Waals surface area contributed by atoms with Crippen LogP contribution in [0, 0.1) is 5.41 Å². The summed E-state index contributed by atoms with van der Waals surface area (Å²) in [6.07, 6.45) is 3.06. The summed E-state index contributed by atoms with van der Waals surface area (Å²) in [6.45, 7) is 6.75. The van der Waals surface area contributed by atoms with Crippen LogP contribution in [0.3, 0.4) is 0 Å². The summed E-state index contributed by atoms with van der Waals surface area (Å²) in [7, 11) is 0. The third-order valence-electron chi connectivity index (χ3n) is 7.01. The first-order chi connectivity index (χ1) is 21.3. The fourth-order valence-corrected chi connectivity index (χ4v) is 5.03. The van der Waals surface area contributed by atoms with Crippen LogP contribution in [0.25, 0.3) is 11.0 Å². The Kier molecular flexibility index (Phi) is 10.4. The molecule has 0 aliphatic carbocycles. The predicted octanol–water partition coefficient (Wildman–Crippen LogP) is 3.00. The molecule has 3 aromatic rings. The Hall–Kier alpha value is -4.98. The number of nitrogens with zero attached hydrogens (tertiary/aromatic N) is 3. The molecule has 1 unspecified atom stereocenters. The molecule has 1 aromatic carbocycles. The van der Waals surface area contributed by atoms with E-state index >= 15 is 0 Å². The molecule has 1 fully saturated rings. The number of carbonyl (C=O) groups excluding carboxylic acids is 3. The minimum atomic E-state index is -1.24. The Labute approximate surface area is 259 Å². The number of benzene rings is 1. The van der Waals surface area contributed by atoms with Gasteiger partial charge in [0.15, 0.2) is 0 Å². The number of hydrogen-bond donors (Lipinski definition) is 4. The number of amides is 3. The third-order valence-corrected chi connectivity index (χ3v) is 7.01. The number of carboxylic acid groups (broad SMARTS) is 1. The highest BCUT2D eigenvalue weighted by Gasteiger charge is 2.26. The second-order valence-electron chi connectivity index (χ2n) is 12.0. The monoisotopic (exact) mass is 622 g/mol. The van der Waals surface area contributed by atoms with E-state index in [0.717, 1.165) is 16.2 Å². The van der Waals surface area contributed by atoms with E-state index in [-0.39, 0.29) is 42.9 Å². The smallest absolute Gasteiger partial charge is 0.417 e. The predicted molar refractivity (Wildman–Crippen MR) is 165 cm³/mol. The minimum absolute atomic E-state index is 0.0720. The van der Waals surface area contributed by atoms with Crippen LogP contribution in [0.4, 0.5) is 15.3 Å². The van der Waals surface area contributed by atoms with Crippen molar-refractivity contribution in [3.05, 3.63) is 70.4 Å². The number of alkyl carbamates (subject to hydrolysis) is 1. The number of allylic oxidation sites excluding steroid dienone is 1. The van der Waals surface area contributed by atoms with E-state index in [1.807, 2.05) is 6.07 Å². The maximum Gasteiger partial charge on any atom is 0.417 e. The van der Waals surface area contributed by atoms with Crippen molar-refractivity contribution < 1.29 is 33.8 Å². The summed E-state index contributed by atoms with van der Waals surface area (Å²) in [5.41, 5.74) is 6.19. The van der Waals surface area contributed by atoms with Gasteiger partial charge >= 0.3 is 12.2 Å². The van der Waals surface area contributed by atoms with E-state index in [1.54, 1.807) is 12.1 Å². The van der Waals surface area contributed by atoms with Crippen molar-refractivity contribution >= 4 is 40.7 Å². The number of pyridine rings is 1. The fourth-order valence-electron chi connectivity index (χ4n) is 5.03. The van der Waals surface area contributed by atoms with E-state index in [0.29, 0.717) is 30.5 Å². The molecule has 3 heterocycles. The largest absolute Gasteiger partial charge is 0.464 e. The number of para-hydroxylation sites is 1. The molecule has 2 aromatic heterocycles. The van der Waals surface area contributed by atoms with Crippen molar-refractivity contribution in [1.29, 1.82) is 0 Å². The molecule has 4 rings (SSSR count). The van der Waals surface area contributed by atoms with E-state index in [2.05, 4.69) is 36.4 Å². The summed E-state index contributed by atoms with van der Waals surface area (Å²) in [6, 6.07) is 7.16. The lowest BCUT2D eigenvalue weighted by Gasteiger charge is -2.19. The Balaban J connectivity index is 1.57. The first kappa shape index (κ1) is 32.9. The zero-order valence-electron chi connectivity index (χ0n) is 25.4. The summed E-state index contributed by atoms with van der Waals surface area (Å²) in [5, 5.41) is 15.1. The van der Waals surface area contributed by atoms with Gasteiger partial charge in [-0.3, -0.25) is 14.4 Å². The zero-order valence-corrected chi connectivity index (χ0v) is 25.4. The van der Waals surface area contributed by atoms with E-state index in [1.165, 1.54) is 29.0 Å². The number of anilines is 1. The minimum Gasteiger partial charge on any atom is -0.464 e. The molecule has 0 spiro atoms. The van der Waals surface area contributed by atoms with E-state index in [4.69, 9.17) is 15.2 Å². The SMILES string of the molecule is CC(C)(C)Cc1cccc2c1nc(Cn1cccc(NC(=O)[C@H](CC/C=C/C(N)=O)NC(=O)OC3CCOC3)c1=O)n2C(=O)O. The number of fused-ring (bicyclic) bond motifs is 1. The standard InChI is InChI=1S/C31H38N6O8/c1-31(2,3)16-19-8-6-11-23-26(19)35-25(37(23)30(42)43)17-36-14-7-10-22(28(36)40)33-27(39)21(9-4-5-12-24(32)38)34-29(41)45-20-13-15-44-18-20/h5-8,10-12,14,20-21H,4,9,13,15-18H2,1-3H3,(H2,32,38)(H,33,39)(H,34,41)(H,42,43)/b12-5+/t20?,21-/m0/s1. The summed E-state index contributed by atoms with van der Waals surface area (Å²) in [4.78, 5) is 67.2. The normalized spacial score (nSPS) is 15.7. The number of nitrogens with one attached hydrogen (secondary N) is 2. The molecule has 1 aliphatic heterocycles. The zero-order chi connectivity index (χ0) is 32.7. The Bertz CT molecular complexity index is 1660. The number of ether oxygens (including phenoxy) is 2. The van der Waals surface area contributed by atoms with Crippen molar-refractivity contribution in [3.63, 3.8) is 0 Å². The van der Waals surface area contributed by atoms with Crippen LogP contribution in [0.15, 0.2) is 53.5 Å². The van der Waals surface area contributed by atoms with Gasteiger partial charge < -0.3 is 35.5 Å². The average molecular weight is 623 g/mol. The Morgan fingerprint density at radius 3 is 2.67 bits per heavy atom. The van der Waals surface area contributed by atoms with Gasteiger partial charge in [-0.05, 0) is 54.5 Å². The molecule has 5 N–H and O–H groups in total. The molecule has 14 heteroatoms. The lowest BCUT2D eigenvalue weighted by atomic mass is 9.88. The second kappa shape index (κ2) is 14.2. The lowest BCUT2D eigenvalue weighted by Crippen LogP contribution is -2.45. The number of imidazole rings is 1. The second-order valence-corrected chi connectivity index (χ2v) is 12.0. The van der Waals surface area contributed by atoms with Gasteiger partial charge in [0, 0.05) is 12.6 Å². The van der Waals surface area contributed by atoms with Gasteiger partial charge in [0.2, 0.25) is 11.8 Å². The number of rotatable bonds is 11. The molecular weight excluding hydrogens is 584 g/mol. The molecule has 0 radical (unpaired) electrons. The summed E-state index contributed by atoms with van der Waals surface area (Å²) < 4.78 is 12.8. The molecule has 2 atom stereocenters. The molecular formula is C31H38N6O8. The van der Waals surface area contributed by atoms with Crippen LogP contribution < -0.4 is 21.9 Å². The highest BCUT2D eigenvalue weighted by molar-refractivity contribution is 5.96. The highest BCUT2D eigenvalue weighted by atomic mass is 16.6. The molecule has 240 valence electrons. The lowest BCUT2D eigenvalue weighted by molar-refractivity contribution is -0.118. The van der Waals surface area contributed by atoms with Crippen LogP contribution in [-0.4, -0.2) is 68.6 Å². The molecule has 0 saturated carbocycles. The quantitative estimate of drug-likeness (QED) is 0.232. The van der Waals surface area contributed by atoms with Crippen LogP contribution in [0.5, 0.6) is 0 Å². The highest BCUT2D eigenvalue weighted by Crippen LogP contribution is 2.27. The van der Waals surface area contributed by atoms with E-state index < -0.39 is 41.7 Å².